The zero-order chi connectivity index (χ0) is 12.4. The number of hydrogen-bond donors (Lipinski definition) is 1. The van der Waals surface area contributed by atoms with Crippen LogP contribution < -0.4 is 0 Å². The molecule has 0 fully saturated rings. The van der Waals surface area contributed by atoms with Gasteiger partial charge in [0.25, 0.3) is 0 Å². The molecule has 0 saturated heterocycles. The van der Waals surface area contributed by atoms with Crippen molar-refractivity contribution in [2.75, 3.05) is 6.61 Å². The van der Waals surface area contributed by atoms with Crippen LogP contribution in [0.3, 0.4) is 0 Å². The fourth-order valence-electron chi connectivity index (χ4n) is 2.09. The summed E-state index contributed by atoms with van der Waals surface area (Å²) in [4.78, 5) is 23.9. The van der Waals surface area contributed by atoms with E-state index in [0.29, 0.717) is 17.9 Å². The molecular weight excluding hydrogens is 240 g/mol. The molecule has 1 heterocycles. The number of carbonyl (C=O) groups is 2. The Balaban J connectivity index is 2.13. The van der Waals surface area contributed by atoms with Crippen molar-refractivity contribution < 1.29 is 19.4 Å². The van der Waals surface area contributed by atoms with Gasteiger partial charge in [-0.15, -0.1) is 11.3 Å². The van der Waals surface area contributed by atoms with Crippen LogP contribution in [-0.4, -0.2) is 23.7 Å². The van der Waals surface area contributed by atoms with Crippen molar-refractivity contribution >= 4 is 23.3 Å². The van der Waals surface area contributed by atoms with Gasteiger partial charge in [0.1, 0.15) is 4.88 Å². The number of aryl methyl sites for hydroxylation is 1. The third kappa shape index (κ3) is 2.49. The summed E-state index contributed by atoms with van der Waals surface area (Å²) in [6.07, 6.45) is 2.14. The standard InChI is InChI=1S/C12H14O4S/c1-2-16-12(15)7-3-4-9-8(5-7)6-10(17-9)11(13)14/h6-7H,2-5H2,1H3,(H,13,14)/t7-/m1/s1. The Bertz CT molecular complexity index is 449. The molecule has 0 unspecified atom stereocenters. The van der Waals surface area contributed by atoms with Gasteiger partial charge < -0.3 is 9.84 Å². The number of ether oxygens (including phenoxy) is 1. The van der Waals surface area contributed by atoms with Gasteiger partial charge >= 0.3 is 11.9 Å². The molecule has 1 aliphatic carbocycles. The molecule has 1 N–H and O–H groups in total. The van der Waals surface area contributed by atoms with Crippen molar-refractivity contribution in [2.45, 2.75) is 26.2 Å². The number of thiophene rings is 1. The predicted molar refractivity (Wildman–Crippen MR) is 63.4 cm³/mol. The molecule has 1 aliphatic rings. The van der Waals surface area contributed by atoms with E-state index in [4.69, 9.17) is 9.84 Å². The molecule has 2 rings (SSSR count). The minimum atomic E-state index is -0.892. The third-order valence-electron chi connectivity index (χ3n) is 2.91. The molecule has 0 aromatic carbocycles. The summed E-state index contributed by atoms with van der Waals surface area (Å²) in [5.41, 5.74) is 0.997. The Morgan fingerprint density at radius 3 is 3.00 bits per heavy atom. The normalized spacial score (nSPS) is 18.5. The first kappa shape index (κ1) is 12.1. The molecule has 1 aromatic rings. The number of carboxylic acid groups (broad SMARTS) is 1. The Morgan fingerprint density at radius 1 is 1.59 bits per heavy atom. The Hall–Kier alpha value is -1.36. The van der Waals surface area contributed by atoms with Gasteiger partial charge in [-0.1, -0.05) is 0 Å². The maximum atomic E-state index is 11.6. The minimum Gasteiger partial charge on any atom is -0.477 e. The van der Waals surface area contributed by atoms with Crippen molar-refractivity contribution in [2.24, 2.45) is 5.92 Å². The molecule has 1 aromatic heterocycles. The van der Waals surface area contributed by atoms with Gasteiger partial charge in [-0.2, -0.15) is 0 Å². The Labute approximate surface area is 103 Å². The quantitative estimate of drug-likeness (QED) is 0.839. The number of aromatic carboxylic acids is 1. The maximum absolute atomic E-state index is 11.6. The molecular formula is C12H14O4S. The number of rotatable bonds is 3. The van der Waals surface area contributed by atoms with Crippen LogP contribution in [-0.2, 0) is 22.4 Å². The summed E-state index contributed by atoms with van der Waals surface area (Å²) in [6, 6.07) is 1.69. The van der Waals surface area contributed by atoms with Crippen molar-refractivity contribution in [1.29, 1.82) is 0 Å². The number of esters is 1. The van der Waals surface area contributed by atoms with E-state index in [1.807, 2.05) is 0 Å². The molecule has 0 bridgehead atoms. The summed E-state index contributed by atoms with van der Waals surface area (Å²) in [6.45, 7) is 2.19. The lowest BCUT2D eigenvalue weighted by Gasteiger charge is -2.20. The van der Waals surface area contributed by atoms with Crippen LogP contribution in [0.5, 0.6) is 0 Å². The summed E-state index contributed by atoms with van der Waals surface area (Å²) in [5, 5.41) is 8.91. The lowest BCUT2D eigenvalue weighted by molar-refractivity contribution is -0.148. The largest absolute Gasteiger partial charge is 0.477 e. The van der Waals surface area contributed by atoms with Crippen LogP contribution >= 0.6 is 11.3 Å². The van der Waals surface area contributed by atoms with Gasteiger partial charge in [-0.3, -0.25) is 4.79 Å². The average Bonchev–Trinajstić information content (AvgIpc) is 2.71. The zero-order valence-corrected chi connectivity index (χ0v) is 10.4. The fraction of sp³-hybridized carbons (Fsp3) is 0.500. The molecule has 4 nitrogen and oxygen atoms in total. The molecule has 0 spiro atoms. The number of carboxylic acids is 1. The molecule has 0 amide bonds. The van der Waals surface area contributed by atoms with E-state index in [2.05, 4.69) is 0 Å². The van der Waals surface area contributed by atoms with Crippen LogP contribution in [0.25, 0.3) is 0 Å². The average molecular weight is 254 g/mol. The van der Waals surface area contributed by atoms with E-state index < -0.39 is 5.97 Å². The van der Waals surface area contributed by atoms with Crippen LogP contribution in [0.15, 0.2) is 6.07 Å². The second-order valence-electron chi connectivity index (χ2n) is 4.06. The van der Waals surface area contributed by atoms with Crippen LogP contribution in [0.2, 0.25) is 0 Å². The van der Waals surface area contributed by atoms with Crippen LogP contribution in [0, 0.1) is 5.92 Å². The summed E-state index contributed by atoms with van der Waals surface area (Å²) >= 11 is 1.32. The van der Waals surface area contributed by atoms with E-state index in [0.717, 1.165) is 23.3 Å². The third-order valence-corrected chi connectivity index (χ3v) is 4.14. The first-order chi connectivity index (χ1) is 8.11. The van der Waals surface area contributed by atoms with E-state index in [1.165, 1.54) is 11.3 Å². The summed E-state index contributed by atoms with van der Waals surface area (Å²) in [5.74, 6) is -1.17. The monoisotopic (exact) mass is 254 g/mol. The highest BCUT2D eigenvalue weighted by molar-refractivity contribution is 7.14. The van der Waals surface area contributed by atoms with Crippen molar-refractivity contribution in [3.05, 3.63) is 21.4 Å². The van der Waals surface area contributed by atoms with Crippen molar-refractivity contribution in [3.63, 3.8) is 0 Å². The molecule has 5 heteroatoms. The van der Waals surface area contributed by atoms with Crippen LogP contribution in [0.1, 0.15) is 33.5 Å². The van der Waals surface area contributed by atoms with E-state index in [9.17, 15) is 9.59 Å². The van der Waals surface area contributed by atoms with Gasteiger partial charge in [0.05, 0.1) is 12.5 Å². The number of carbonyl (C=O) groups excluding carboxylic acids is 1. The van der Waals surface area contributed by atoms with E-state index >= 15 is 0 Å². The first-order valence-corrected chi connectivity index (χ1v) is 6.45. The summed E-state index contributed by atoms with van der Waals surface area (Å²) < 4.78 is 5.00. The molecule has 0 radical (unpaired) electrons. The minimum absolute atomic E-state index is 0.112. The van der Waals surface area contributed by atoms with E-state index in [-0.39, 0.29) is 11.9 Å². The second kappa shape index (κ2) is 4.87. The maximum Gasteiger partial charge on any atom is 0.345 e. The van der Waals surface area contributed by atoms with Gasteiger partial charge in [0.15, 0.2) is 0 Å². The molecule has 0 saturated carbocycles. The SMILES string of the molecule is CCOC(=O)[C@@H]1CCc2sc(C(=O)O)cc2C1. The van der Waals surface area contributed by atoms with Gasteiger partial charge in [-0.25, -0.2) is 4.79 Å². The number of hydrogen-bond acceptors (Lipinski definition) is 4. The van der Waals surface area contributed by atoms with Crippen molar-refractivity contribution in [3.8, 4) is 0 Å². The van der Waals surface area contributed by atoms with Gasteiger partial charge in [0, 0.05) is 4.88 Å². The molecule has 17 heavy (non-hydrogen) atoms. The molecule has 1 atom stereocenters. The number of fused-ring (bicyclic) bond motifs is 1. The van der Waals surface area contributed by atoms with E-state index in [1.54, 1.807) is 13.0 Å². The lowest BCUT2D eigenvalue weighted by atomic mass is 9.88. The van der Waals surface area contributed by atoms with Gasteiger partial charge in [0.2, 0.25) is 0 Å². The highest BCUT2D eigenvalue weighted by Crippen LogP contribution is 2.32. The topological polar surface area (TPSA) is 63.6 Å². The second-order valence-corrected chi connectivity index (χ2v) is 5.19. The smallest absolute Gasteiger partial charge is 0.345 e. The summed E-state index contributed by atoms with van der Waals surface area (Å²) in [7, 11) is 0. The Morgan fingerprint density at radius 2 is 2.35 bits per heavy atom. The molecule has 0 aliphatic heterocycles. The molecule has 92 valence electrons. The van der Waals surface area contributed by atoms with Gasteiger partial charge in [-0.05, 0) is 37.8 Å². The Kier molecular flexibility index (Phi) is 3.47. The first-order valence-electron chi connectivity index (χ1n) is 5.63. The van der Waals surface area contributed by atoms with Crippen LogP contribution in [0.4, 0.5) is 0 Å². The highest BCUT2D eigenvalue weighted by atomic mass is 32.1. The predicted octanol–water partition coefficient (Wildman–Crippen LogP) is 2.11. The zero-order valence-electron chi connectivity index (χ0n) is 9.56. The fourth-order valence-corrected chi connectivity index (χ4v) is 3.14. The lowest BCUT2D eigenvalue weighted by Crippen LogP contribution is -2.23. The highest BCUT2D eigenvalue weighted by Gasteiger charge is 2.28. The van der Waals surface area contributed by atoms with Crippen molar-refractivity contribution in [1.82, 2.24) is 0 Å².